The number of hydrogen-bond donors (Lipinski definition) is 2. The van der Waals surface area contributed by atoms with E-state index in [1.807, 2.05) is 0 Å². The van der Waals surface area contributed by atoms with Gasteiger partial charge in [0.05, 0.1) is 11.7 Å². The van der Waals surface area contributed by atoms with E-state index >= 15 is 0 Å². The number of carboxylic acids is 1. The van der Waals surface area contributed by atoms with Crippen LogP contribution < -0.4 is 5.32 Å². The van der Waals surface area contributed by atoms with E-state index in [9.17, 15) is 9.90 Å². The molecule has 0 aromatic carbocycles. The third-order valence-electron chi connectivity index (χ3n) is 3.44. The van der Waals surface area contributed by atoms with Gasteiger partial charge in [0.25, 0.3) is 0 Å². The van der Waals surface area contributed by atoms with E-state index in [2.05, 4.69) is 10.3 Å². The molecule has 2 fully saturated rings. The van der Waals surface area contributed by atoms with Crippen molar-refractivity contribution in [3.05, 3.63) is 15.6 Å². The van der Waals surface area contributed by atoms with Gasteiger partial charge in [-0.25, -0.2) is 9.78 Å². The van der Waals surface area contributed by atoms with Crippen LogP contribution in [0.5, 0.6) is 0 Å². The second kappa shape index (κ2) is 4.38. The molecule has 2 aliphatic rings. The van der Waals surface area contributed by atoms with Crippen LogP contribution in [0.25, 0.3) is 0 Å². The lowest BCUT2D eigenvalue weighted by Crippen LogP contribution is -2.26. The molecule has 0 radical (unpaired) electrons. The van der Waals surface area contributed by atoms with Crippen molar-refractivity contribution in [2.45, 2.75) is 44.1 Å². The lowest BCUT2D eigenvalue weighted by Gasteiger charge is -2.21. The molecule has 1 aromatic rings. The molecule has 0 amide bonds. The van der Waals surface area contributed by atoms with E-state index in [-0.39, 0.29) is 6.04 Å². The lowest BCUT2D eigenvalue weighted by molar-refractivity contribution is 0.0700. The highest BCUT2D eigenvalue weighted by atomic mass is 32.1. The number of nitrogens with one attached hydrogen (secondary N) is 1. The number of thiazole rings is 1. The molecule has 1 saturated carbocycles. The predicted octanol–water partition coefficient (Wildman–Crippen LogP) is 2.53. The minimum Gasteiger partial charge on any atom is -0.477 e. The minimum absolute atomic E-state index is 0.277. The Kier molecular flexibility index (Phi) is 2.88. The first-order valence-corrected chi connectivity index (χ1v) is 7.04. The Hall–Kier alpha value is -0.940. The van der Waals surface area contributed by atoms with Crippen LogP contribution in [0.1, 0.15) is 64.4 Å². The molecule has 1 aliphatic heterocycles. The second-order valence-electron chi connectivity index (χ2n) is 4.85. The summed E-state index contributed by atoms with van der Waals surface area (Å²) in [5.74, 6) is -0.402. The Bertz CT molecular complexity index is 434. The van der Waals surface area contributed by atoms with E-state index < -0.39 is 5.97 Å². The summed E-state index contributed by atoms with van der Waals surface area (Å²) in [5, 5.41) is 13.6. The van der Waals surface area contributed by atoms with E-state index in [0.29, 0.717) is 10.8 Å². The number of aromatic carboxylic acids is 1. The fourth-order valence-corrected chi connectivity index (χ4v) is 3.45. The van der Waals surface area contributed by atoms with Gasteiger partial charge in [0, 0.05) is 5.92 Å². The van der Waals surface area contributed by atoms with Crippen molar-refractivity contribution in [3.63, 3.8) is 0 Å². The molecule has 1 unspecified atom stereocenters. The Morgan fingerprint density at radius 3 is 2.76 bits per heavy atom. The molecule has 92 valence electrons. The number of piperidine rings is 1. The zero-order valence-corrected chi connectivity index (χ0v) is 10.4. The highest BCUT2D eigenvalue weighted by molar-refractivity contribution is 7.13. The Balaban J connectivity index is 1.89. The average Bonchev–Trinajstić information content (AvgIpc) is 3.09. The quantitative estimate of drug-likeness (QED) is 0.867. The number of carbonyl (C=O) groups is 1. The molecule has 5 heteroatoms. The predicted molar refractivity (Wildman–Crippen MR) is 65.6 cm³/mol. The maximum Gasteiger partial charge on any atom is 0.347 e. The van der Waals surface area contributed by atoms with Crippen molar-refractivity contribution in [1.82, 2.24) is 10.3 Å². The third kappa shape index (κ3) is 2.21. The van der Waals surface area contributed by atoms with Crippen LogP contribution >= 0.6 is 11.3 Å². The molecule has 3 rings (SSSR count). The summed E-state index contributed by atoms with van der Waals surface area (Å²) in [6, 6.07) is 0.277. The van der Waals surface area contributed by atoms with Gasteiger partial charge in [-0.1, -0.05) is 6.42 Å². The van der Waals surface area contributed by atoms with Crippen molar-refractivity contribution in [2.75, 3.05) is 6.54 Å². The van der Waals surface area contributed by atoms with Crippen LogP contribution in [-0.2, 0) is 0 Å². The van der Waals surface area contributed by atoms with Gasteiger partial charge >= 0.3 is 5.97 Å². The van der Waals surface area contributed by atoms with Crippen molar-refractivity contribution in [1.29, 1.82) is 0 Å². The summed E-state index contributed by atoms with van der Waals surface area (Å²) < 4.78 is 0. The van der Waals surface area contributed by atoms with E-state index in [0.717, 1.165) is 36.5 Å². The number of hydrogen-bond acceptors (Lipinski definition) is 4. The van der Waals surface area contributed by atoms with Gasteiger partial charge in [-0.15, -0.1) is 11.3 Å². The van der Waals surface area contributed by atoms with Crippen LogP contribution in [0.3, 0.4) is 0 Å². The minimum atomic E-state index is -0.813. The highest BCUT2D eigenvalue weighted by Gasteiger charge is 2.33. The van der Waals surface area contributed by atoms with Crippen LogP contribution in [0.4, 0.5) is 0 Å². The molecule has 0 bridgehead atoms. The zero-order valence-electron chi connectivity index (χ0n) is 9.61. The molecule has 1 aromatic heterocycles. The maximum absolute atomic E-state index is 11.2. The van der Waals surface area contributed by atoms with Crippen LogP contribution in [0, 0.1) is 0 Å². The molecule has 0 spiro atoms. The monoisotopic (exact) mass is 252 g/mol. The first-order chi connectivity index (χ1) is 8.25. The van der Waals surface area contributed by atoms with E-state index in [4.69, 9.17) is 0 Å². The highest BCUT2D eigenvalue weighted by Crippen LogP contribution is 2.43. The first-order valence-electron chi connectivity index (χ1n) is 6.23. The summed E-state index contributed by atoms with van der Waals surface area (Å²) in [6.07, 6.45) is 5.70. The van der Waals surface area contributed by atoms with Crippen LogP contribution in [-0.4, -0.2) is 22.6 Å². The molecule has 2 N–H and O–H groups in total. The topological polar surface area (TPSA) is 62.2 Å². The fraction of sp³-hybridized carbons (Fsp3) is 0.667. The Morgan fingerprint density at radius 1 is 1.35 bits per heavy atom. The smallest absolute Gasteiger partial charge is 0.347 e. The maximum atomic E-state index is 11.2. The summed E-state index contributed by atoms with van der Waals surface area (Å²) >= 11 is 1.37. The summed E-state index contributed by atoms with van der Waals surface area (Å²) in [4.78, 5) is 16.3. The van der Waals surface area contributed by atoms with Gasteiger partial charge in [-0.2, -0.15) is 0 Å². The Morgan fingerprint density at radius 2 is 2.18 bits per heavy atom. The lowest BCUT2D eigenvalue weighted by atomic mass is 10.1. The van der Waals surface area contributed by atoms with Crippen molar-refractivity contribution >= 4 is 17.3 Å². The van der Waals surface area contributed by atoms with Crippen molar-refractivity contribution < 1.29 is 9.90 Å². The molecule has 4 nitrogen and oxygen atoms in total. The second-order valence-corrected chi connectivity index (χ2v) is 5.88. The number of aromatic nitrogens is 1. The zero-order chi connectivity index (χ0) is 11.8. The fourth-order valence-electron chi connectivity index (χ4n) is 2.35. The number of carboxylic acid groups (broad SMARTS) is 1. The molecule has 1 aliphatic carbocycles. The summed E-state index contributed by atoms with van der Waals surface area (Å²) in [7, 11) is 0. The summed E-state index contributed by atoms with van der Waals surface area (Å²) in [5.41, 5.74) is 0.838. The van der Waals surface area contributed by atoms with E-state index in [1.165, 1.54) is 24.2 Å². The van der Waals surface area contributed by atoms with Gasteiger partial charge in [0.1, 0.15) is 9.88 Å². The van der Waals surface area contributed by atoms with Crippen molar-refractivity contribution in [3.8, 4) is 0 Å². The molecule has 1 atom stereocenters. The standard InChI is InChI=1S/C12H16N2O2S/c15-12(16)10-9(7-4-5-7)14-11(17-10)8-3-1-2-6-13-8/h7-8,13H,1-6H2,(H,15,16). The summed E-state index contributed by atoms with van der Waals surface area (Å²) in [6.45, 7) is 1.02. The van der Waals surface area contributed by atoms with Gasteiger partial charge < -0.3 is 10.4 Å². The van der Waals surface area contributed by atoms with Crippen LogP contribution in [0.15, 0.2) is 0 Å². The molecular formula is C12H16N2O2S. The van der Waals surface area contributed by atoms with Crippen molar-refractivity contribution in [2.24, 2.45) is 0 Å². The molecule has 1 saturated heterocycles. The van der Waals surface area contributed by atoms with Gasteiger partial charge in [-0.3, -0.25) is 0 Å². The van der Waals surface area contributed by atoms with Gasteiger partial charge in [0.2, 0.25) is 0 Å². The largest absolute Gasteiger partial charge is 0.477 e. The average molecular weight is 252 g/mol. The third-order valence-corrected chi connectivity index (χ3v) is 4.61. The first kappa shape index (κ1) is 11.2. The molecule has 2 heterocycles. The Labute approximate surface area is 104 Å². The van der Waals surface area contributed by atoms with Crippen LogP contribution in [0.2, 0.25) is 0 Å². The van der Waals surface area contributed by atoms with Gasteiger partial charge in [-0.05, 0) is 32.2 Å². The molecular weight excluding hydrogens is 236 g/mol. The number of nitrogens with zero attached hydrogens (tertiary/aromatic N) is 1. The SMILES string of the molecule is O=C(O)c1sc(C2CCCCN2)nc1C1CC1. The number of rotatable bonds is 3. The normalized spacial score (nSPS) is 24.8. The van der Waals surface area contributed by atoms with E-state index in [1.54, 1.807) is 0 Å². The van der Waals surface area contributed by atoms with Gasteiger partial charge in [0.15, 0.2) is 0 Å². The molecule has 17 heavy (non-hydrogen) atoms.